The lowest BCUT2D eigenvalue weighted by molar-refractivity contribution is 0.183. The predicted molar refractivity (Wildman–Crippen MR) is 194 cm³/mol. The van der Waals surface area contributed by atoms with Crippen LogP contribution in [0.2, 0.25) is 0 Å². The molecule has 1 aliphatic heterocycles. The minimum atomic E-state index is -0.336. The van der Waals surface area contributed by atoms with Gasteiger partial charge in [0.1, 0.15) is 23.7 Å². The fourth-order valence-electron chi connectivity index (χ4n) is 6.27. The van der Waals surface area contributed by atoms with Crippen LogP contribution in [0.4, 0.5) is 16.2 Å². The van der Waals surface area contributed by atoms with E-state index in [2.05, 4.69) is 92.1 Å². The molecule has 1 fully saturated rings. The van der Waals surface area contributed by atoms with Gasteiger partial charge in [-0.15, -0.1) is 0 Å². The summed E-state index contributed by atoms with van der Waals surface area (Å²) in [5.41, 5.74) is 5.57. The highest BCUT2D eigenvalue weighted by Gasteiger charge is 2.24. The minimum absolute atomic E-state index is 0.144. The average molecular weight is 638 g/mol. The van der Waals surface area contributed by atoms with E-state index in [1.807, 2.05) is 18.2 Å². The molecular formula is C39H51N5O3. The van der Waals surface area contributed by atoms with Gasteiger partial charge in [-0.3, -0.25) is 14.6 Å². The molecule has 1 aliphatic rings. The number of piperidine rings is 1. The number of hydrogen-bond acceptors (Lipinski definition) is 5. The highest BCUT2D eigenvalue weighted by Crippen LogP contribution is 2.38. The Kier molecular flexibility index (Phi) is 11.4. The first-order chi connectivity index (χ1) is 22.6. The van der Waals surface area contributed by atoms with Gasteiger partial charge >= 0.3 is 6.03 Å². The number of anilines is 2. The Labute approximate surface area is 279 Å². The molecule has 2 aromatic carbocycles. The third-order valence-electron chi connectivity index (χ3n) is 9.03. The number of rotatable bonds is 12. The van der Waals surface area contributed by atoms with Crippen LogP contribution < -0.4 is 20.5 Å². The van der Waals surface area contributed by atoms with E-state index in [-0.39, 0.29) is 23.4 Å². The number of aromatic nitrogens is 2. The summed E-state index contributed by atoms with van der Waals surface area (Å²) in [6.45, 7) is 17.2. The van der Waals surface area contributed by atoms with Gasteiger partial charge in [-0.05, 0) is 115 Å². The van der Waals surface area contributed by atoms with Gasteiger partial charge in [-0.25, -0.2) is 9.78 Å². The second-order valence-electron chi connectivity index (χ2n) is 13.8. The maximum absolute atomic E-state index is 14.2. The van der Waals surface area contributed by atoms with E-state index < -0.39 is 0 Å². The van der Waals surface area contributed by atoms with Crippen LogP contribution >= 0.6 is 0 Å². The summed E-state index contributed by atoms with van der Waals surface area (Å²) in [5.74, 6) is 1.51. The number of carbonyl (C=O) groups excluding carboxylic acids is 1. The third-order valence-corrected chi connectivity index (χ3v) is 9.03. The Bertz CT molecular complexity index is 1690. The Morgan fingerprint density at radius 1 is 0.936 bits per heavy atom. The van der Waals surface area contributed by atoms with Gasteiger partial charge in [0, 0.05) is 30.4 Å². The van der Waals surface area contributed by atoms with E-state index in [0.29, 0.717) is 30.4 Å². The molecule has 2 aromatic heterocycles. The normalized spacial score (nSPS) is 13.9. The molecule has 0 aliphatic carbocycles. The van der Waals surface area contributed by atoms with E-state index >= 15 is 0 Å². The number of fused-ring (bicyclic) bond motifs is 1. The number of nitrogens with one attached hydrogen (secondary N) is 2. The molecule has 8 heteroatoms. The Hall–Kier alpha value is -4.17. The number of ether oxygens (including phenoxy) is 1. The summed E-state index contributed by atoms with van der Waals surface area (Å²) >= 11 is 0. The average Bonchev–Trinajstić information content (AvgIpc) is 3.05. The van der Waals surface area contributed by atoms with Gasteiger partial charge < -0.3 is 15.0 Å². The van der Waals surface area contributed by atoms with Crippen molar-refractivity contribution in [3.63, 3.8) is 0 Å². The van der Waals surface area contributed by atoms with E-state index in [0.717, 1.165) is 65.1 Å². The van der Waals surface area contributed by atoms with Crippen molar-refractivity contribution >= 4 is 28.4 Å². The monoisotopic (exact) mass is 637 g/mol. The van der Waals surface area contributed by atoms with Crippen molar-refractivity contribution in [3.05, 3.63) is 82.3 Å². The summed E-state index contributed by atoms with van der Waals surface area (Å²) in [5, 5.41) is 4.05. The molecule has 0 atom stereocenters. The molecule has 0 saturated carbocycles. The van der Waals surface area contributed by atoms with E-state index in [1.54, 1.807) is 17.2 Å². The summed E-state index contributed by atoms with van der Waals surface area (Å²) in [4.78, 5) is 38.7. The second-order valence-corrected chi connectivity index (χ2v) is 13.8. The molecule has 4 aromatic rings. The molecule has 0 bridgehead atoms. The molecule has 0 radical (unpaired) electrons. The zero-order valence-electron chi connectivity index (χ0n) is 28.9. The highest BCUT2D eigenvalue weighted by atomic mass is 16.5. The quantitative estimate of drug-likeness (QED) is 0.162. The maximum atomic E-state index is 14.2. The zero-order chi connectivity index (χ0) is 33.5. The SMILES string of the molecule is CC(C)CCN(C(=O)Nc1c(C(C)C)cc(-c2cccc(OCCN3CCCCC3)c2)cc1C(C)C)c1cc2cccnc2[nH]c1=O. The molecule has 0 spiro atoms. The number of nitrogens with zero attached hydrogens (tertiary/aromatic N) is 3. The Morgan fingerprint density at radius 2 is 1.66 bits per heavy atom. The first-order valence-electron chi connectivity index (χ1n) is 17.3. The van der Waals surface area contributed by atoms with E-state index in [9.17, 15) is 9.59 Å². The van der Waals surface area contributed by atoms with Gasteiger partial charge in [0.2, 0.25) is 0 Å². The van der Waals surface area contributed by atoms with Crippen LogP contribution in [-0.4, -0.2) is 53.7 Å². The summed E-state index contributed by atoms with van der Waals surface area (Å²) in [7, 11) is 0. The highest BCUT2D eigenvalue weighted by molar-refractivity contribution is 6.03. The molecular weight excluding hydrogens is 586 g/mol. The third kappa shape index (κ3) is 8.60. The number of carbonyl (C=O) groups is 1. The van der Waals surface area contributed by atoms with Gasteiger partial charge in [0.15, 0.2) is 0 Å². The lowest BCUT2D eigenvalue weighted by Gasteiger charge is -2.27. The number of benzene rings is 2. The lowest BCUT2D eigenvalue weighted by Crippen LogP contribution is -2.40. The number of pyridine rings is 2. The number of urea groups is 1. The van der Waals surface area contributed by atoms with Crippen LogP contribution in [0.3, 0.4) is 0 Å². The molecule has 8 nitrogen and oxygen atoms in total. The van der Waals surface area contributed by atoms with Gasteiger partial charge in [0.05, 0.1) is 0 Å². The van der Waals surface area contributed by atoms with Crippen molar-refractivity contribution in [1.29, 1.82) is 0 Å². The number of aromatic amines is 1. The molecule has 250 valence electrons. The first kappa shape index (κ1) is 34.2. The van der Waals surface area contributed by atoms with Gasteiger partial charge in [-0.2, -0.15) is 0 Å². The van der Waals surface area contributed by atoms with Crippen LogP contribution in [0, 0.1) is 5.92 Å². The smallest absolute Gasteiger partial charge is 0.326 e. The van der Waals surface area contributed by atoms with Crippen molar-refractivity contribution in [2.24, 2.45) is 5.92 Å². The molecule has 2 amide bonds. The van der Waals surface area contributed by atoms with Gasteiger partial charge in [-0.1, -0.05) is 60.1 Å². The van der Waals surface area contributed by atoms with E-state index in [4.69, 9.17) is 4.74 Å². The number of likely N-dealkylation sites (tertiary alicyclic amines) is 1. The lowest BCUT2D eigenvalue weighted by atomic mass is 9.88. The number of H-pyrrole nitrogens is 1. The summed E-state index contributed by atoms with van der Waals surface area (Å²) < 4.78 is 6.21. The molecule has 3 heterocycles. The second kappa shape index (κ2) is 15.6. The van der Waals surface area contributed by atoms with Crippen molar-refractivity contribution in [2.75, 3.05) is 43.0 Å². The van der Waals surface area contributed by atoms with Gasteiger partial charge in [0.25, 0.3) is 5.56 Å². The topological polar surface area (TPSA) is 90.6 Å². The maximum Gasteiger partial charge on any atom is 0.326 e. The van der Waals surface area contributed by atoms with Crippen LogP contribution in [0.25, 0.3) is 22.2 Å². The first-order valence-corrected chi connectivity index (χ1v) is 17.3. The molecule has 5 rings (SSSR count). The summed E-state index contributed by atoms with van der Waals surface area (Å²) in [6, 6.07) is 17.8. The fraction of sp³-hybridized carbons (Fsp3) is 0.462. The van der Waals surface area contributed by atoms with Crippen molar-refractivity contribution in [2.45, 2.75) is 79.1 Å². The van der Waals surface area contributed by atoms with Crippen LogP contribution in [0.15, 0.2) is 65.6 Å². The molecule has 2 N–H and O–H groups in total. The molecule has 0 unspecified atom stereocenters. The van der Waals surface area contributed by atoms with Crippen molar-refractivity contribution in [1.82, 2.24) is 14.9 Å². The van der Waals surface area contributed by atoms with Crippen LogP contribution in [0.1, 0.15) is 90.2 Å². The molecule has 47 heavy (non-hydrogen) atoms. The van der Waals surface area contributed by atoms with E-state index in [1.165, 1.54) is 19.3 Å². The Balaban J connectivity index is 1.45. The number of amides is 2. The standard InChI is InChI=1S/C39H51N5O3/c1-26(2)15-19-44(35-25-30-13-11-16-40-37(30)42-38(35)45)39(46)41-36-33(27(3)4)23-31(24-34(36)28(5)6)29-12-10-14-32(22-29)47-21-20-43-17-8-7-9-18-43/h10-14,16,22-28H,7-9,15,17-21H2,1-6H3,(H,41,46)(H,40,42,45). The summed E-state index contributed by atoms with van der Waals surface area (Å²) in [6.07, 6.45) is 6.28. The largest absolute Gasteiger partial charge is 0.492 e. The molecule has 1 saturated heterocycles. The number of hydrogen-bond donors (Lipinski definition) is 2. The fourth-order valence-corrected chi connectivity index (χ4v) is 6.27. The predicted octanol–water partition coefficient (Wildman–Crippen LogP) is 8.79. The van der Waals surface area contributed by atoms with Crippen molar-refractivity contribution < 1.29 is 9.53 Å². The minimum Gasteiger partial charge on any atom is -0.492 e. The Morgan fingerprint density at radius 3 is 2.34 bits per heavy atom. The van der Waals surface area contributed by atoms with Crippen LogP contribution in [-0.2, 0) is 0 Å². The zero-order valence-corrected chi connectivity index (χ0v) is 28.9. The van der Waals surface area contributed by atoms with Crippen LogP contribution in [0.5, 0.6) is 5.75 Å². The van der Waals surface area contributed by atoms with Crippen molar-refractivity contribution in [3.8, 4) is 16.9 Å².